The van der Waals surface area contributed by atoms with Crippen LogP contribution in [0.4, 0.5) is 0 Å². The first-order valence-electron chi connectivity index (χ1n) is 6.84. The van der Waals surface area contributed by atoms with Crippen molar-refractivity contribution in [1.82, 2.24) is 20.4 Å². The second-order valence-electron chi connectivity index (χ2n) is 4.99. The monoisotopic (exact) mass is 388 g/mol. The Balaban J connectivity index is 0.00000176. The zero-order chi connectivity index (χ0) is 14.7. The van der Waals surface area contributed by atoms with Crippen LogP contribution in [0.15, 0.2) is 33.3 Å². The Labute approximate surface area is 143 Å². The molecule has 0 spiro atoms. The van der Waals surface area contributed by atoms with Crippen LogP contribution in [0.1, 0.15) is 17.8 Å². The number of halogens is 2. The average Bonchev–Trinajstić information content (AvgIpc) is 2.94. The summed E-state index contributed by atoms with van der Waals surface area (Å²) in [7, 11) is 2.07. The van der Waals surface area contributed by atoms with Gasteiger partial charge in [-0.1, -0.05) is 27.2 Å². The fourth-order valence-corrected chi connectivity index (χ4v) is 2.64. The van der Waals surface area contributed by atoms with Crippen LogP contribution in [-0.2, 0) is 6.61 Å². The van der Waals surface area contributed by atoms with Gasteiger partial charge in [-0.3, -0.25) is 4.90 Å². The molecular weight excluding hydrogens is 372 g/mol. The first kappa shape index (κ1) is 17.2. The predicted octanol–water partition coefficient (Wildman–Crippen LogP) is 2.41. The average molecular weight is 390 g/mol. The van der Waals surface area contributed by atoms with Crippen LogP contribution in [-0.4, -0.2) is 41.7 Å². The van der Waals surface area contributed by atoms with E-state index in [0.717, 1.165) is 29.9 Å². The Bertz CT molecular complexity index is 610. The van der Waals surface area contributed by atoms with Gasteiger partial charge in [-0.05, 0) is 25.2 Å². The van der Waals surface area contributed by atoms with E-state index < -0.39 is 0 Å². The van der Waals surface area contributed by atoms with E-state index in [9.17, 15) is 0 Å². The molecule has 1 aromatic heterocycles. The highest BCUT2D eigenvalue weighted by Gasteiger charge is 2.25. The third-order valence-electron chi connectivity index (χ3n) is 3.45. The maximum absolute atomic E-state index is 5.64. The fourth-order valence-electron chi connectivity index (χ4n) is 2.26. The third kappa shape index (κ3) is 4.19. The summed E-state index contributed by atoms with van der Waals surface area (Å²) in [6, 6.07) is 7.81. The van der Waals surface area contributed by atoms with E-state index in [-0.39, 0.29) is 25.1 Å². The van der Waals surface area contributed by atoms with Gasteiger partial charge in [0.05, 0.1) is 6.04 Å². The van der Waals surface area contributed by atoms with Gasteiger partial charge in [0.1, 0.15) is 5.75 Å². The van der Waals surface area contributed by atoms with Crippen molar-refractivity contribution >= 4 is 28.3 Å². The number of rotatable bonds is 4. The van der Waals surface area contributed by atoms with Crippen LogP contribution in [0.5, 0.6) is 5.75 Å². The van der Waals surface area contributed by atoms with Crippen LogP contribution in [0.2, 0.25) is 0 Å². The van der Waals surface area contributed by atoms with Crippen LogP contribution < -0.4 is 10.1 Å². The molecule has 8 heteroatoms. The number of aromatic nitrogens is 2. The molecule has 0 amide bonds. The lowest BCUT2D eigenvalue weighted by Gasteiger charge is -2.30. The molecule has 22 heavy (non-hydrogen) atoms. The first-order valence-corrected chi connectivity index (χ1v) is 7.63. The molecule has 2 heterocycles. The summed E-state index contributed by atoms with van der Waals surface area (Å²) < 4.78 is 11.9. The number of hydrogen-bond donors (Lipinski definition) is 1. The Morgan fingerprint density at radius 1 is 1.50 bits per heavy atom. The quantitative estimate of drug-likeness (QED) is 0.866. The smallest absolute Gasteiger partial charge is 0.264 e. The summed E-state index contributed by atoms with van der Waals surface area (Å²) in [5.41, 5.74) is 0. The SMILES string of the molecule is CN1CCNCC1c1noc(COc2cccc(Br)c2)n1.Cl. The highest BCUT2D eigenvalue weighted by molar-refractivity contribution is 9.10. The highest BCUT2D eigenvalue weighted by atomic mass is 79.9. The van der Waals surface area contributed by atoms with Crippen LogP contribution in [0.3, 0.4) is 0 Å². The van der Waals surface area contributed by atoms with E-state index in [4.69, 9.17) is 9.26 Å². The molecule has 1 aromatic carbocycles. The Kier molecular flexibility index (Phi) is 6.19. The van der Waals surface area contributed by atoms with Crippen molar-refractivity contribution in [2.45, 2.75) is 12.6 Å². The number of nitrogens with one attached hydrogen (secondary N) is 1. The van der Waals surface area contributed by atoms with E-state index in [1.807, 2.05) is 24.3 Å². The molecule has 2 aromatic rings. The van der Waals surface area contributed by atoms with Gasteiger partial charge in [-0.2, -0.15) is 4.98 Å². The van der Waals surface area contributed by atoms with Crippen molar-refractivity contribution < 1.29 is 9.26 Å². The lowest BCUT2D eigenvalue weighted by Crippen LogP contribution is -2.44. The minimum absolute atomic E-state index is 0. The third-order valence-corrected chi connectivity index (χ3v) is 3.94. The maximum atomic E-state index is 5.64. The molecule has 1 aliphatic rings. The number of nitrogens with zero attached hydrogens (tertiary/aromatic N) is 3. The van der Waals surface area contributed by atoms with Gasteiger partial charge in [0.15, 0.2) is 12.4 Å². The van der Waals surface area contributed by atoms with Crippen LogP contribution in [0.25, 0.3) is 0 Å². The first-order chi connectivity index (χ1) is 10.2. The topological polar surface area (TPSA) is 63.4 Å². The van der Waals surface area contributed by atoms with Crippen LogP contribution >= 0.6 is 28.3 Å². The van der Waals surface area contributed by atoms with Gasteiger partial charge in [-0.25, -0.2) is 0 Å². The number of benzene rings is 1. The largest absolute Gasteiger partial charge is 0.484 e. The molecule has 0 radical (unpaired) electrons. The van der Waals surface area contributed by atoms with Crippen molar-refractivity contribution in [3.8, 4) is 5.75 Å². The van der Waals surface area contributed by atoms with Gasteiger partial charge < -0.3 is 14.6 Å². The highest BCUT2D eigenvalue weighted by Crippen LogP contribution is 2.20. The number of ether oxygens (including phenoxy) is 1. The van der Waals surface area contributed by atoms with Gasteiger partial charge in [-0.15, -0.1) is 12.4 Å². The van der Waals surface area contributed by atoms with E-state index in [0.29, 0.717) is 11.7 Å². The zero-order valence-electron chi connectivity index (χ0n) is 12.2. The lowest BCUT2D eigenvalue weighted by molar-refractivity contribution is 0.189. The van der Waals surface area contributed by atoms with Gasteiger partial charge >= 0.3 is 0 Å². The lowest BCUT2D eigenvalue weighted by atomic mass is 10.2. The van der Waals surface area contributed by atoms with Crippen molar-refractivity contribution in [2.24, 2.45) is 0 Å². The van der Waals surface area contributed by atoms with E-state index in [1.54, 1.807) is 0 Å². The summed E-state index contributed by atoms with van der Waals surface area (Å²) in [5.74, 6) is 1.96. The normalized spacial score (nSPS) is 18.7. The number of hydrogen-bond acceptors (Lipinski definition) is 6. The predicted molar refractivity (Wildman–Crippen MR) is 88.3 cm³/mol. The van der Waals surface area contributed by atoms with E-state index >= 15 is 0 Å². The van der Waals surface area contributed by atoms with Gasteiger partial charge in [0.2, 0.25) is 0 Å². The molecule has 0 aliphatic carbocycles. The molecule has 0 bridgehead atoms. The fraction of sp³-hybridized carbons (Fsp3) is 0.429. The van der Waals surface area contributed by atoms with E-state index in [2.05, 4.69) is 43.3 Å². The Morgan fingerprint density at radius 2 is 2.36 bits per heavy atom. The minimum atomic E-state index is 0. The molecule has 6 nitrogen and oxygen atoms in total. The molecule has 1 fully saturated rings. The molecule has 1 atom stereocenters. The maximum Gasteiger partial charge on any atom is 0.264 e. The number of likely N-dealkylation sites (N-methyl/N-ethyl adjacent to an activating group) is 1. The molecule has 120 valence electrons. The summed E-state index contributed by atoms with van der Waals surface area (Å²) >= 11 is 3.41. The van der Waals surface area contributed by atoms with Crippen molar-refractivity contribution in [2.75, 3.05) is 26.7 Å². The van der Waals surface area contributed by atoms with Gasteiger partial charge in [0, 0.05) is 24.1 Å². The van der Waals surface area contributed by atoms with Gasteiger partial charge in [0.25, 0.3) is 5.89 Å². The summed E-state index contributed by atoms with van der Waals surface area (Å²) in [6.07, 6.45) is 0. The standard InChI is InChI=1S/C14H17BrN4O2.ClH/c1-19-6-5-16-8-12(19)14-17-13(21-18-14)9-20-11-4-2-3-10(15)7-11;/h2-4,7,12,16H,5-6,8-9H2,1H3;1H. The molecule has 1 N–H and O–H groups in total. The summed E-state index contributed by atoms with van der Waals surface area (Å²) in [5, 5.41) is 7.40. The summed E-state index contributed by atoms with van der Waals surface area (Å²) in [6.45, 7) is 3.07. The molecular formula is C14H18BrClN4O2. The molecule has 1 unspecified atom stereocenters. The minimum Gasteiger partial charge on any atom is -0.484 e. The molecule has 0 saturated carbocycles. The summed E-state index contributed by atoms with van der Waals surface area (Å²) in [4.78, 5) is 6.65. The molecule has 1 saturated heterocycles. The Hall–Kier alpha value is -1.15. The van der Waals surface area contributed by atoms with Crippen LogP contribution in [0, 0.1) is 0 Å². The Morgan fingerprint density at radius 3 is 3.14 bits per heavy atom. The van der Waals surface area contributed by atoms with E-state index in [1.165, 1.54) is 0 Å². The van der Waals surface area contributed by atoms with Crippen molar-refractivity contribution in [3.05, 3.63) is 40.5 Å². The zero-order valence-corrected chi connectivity index (χ0v) is 14.6. The molecule has 3 rings (SSSR count). The second-order valence-corrected chi connectivity index (χ2v) is 5.91. The van der Waals surface area contributed by atoms with Crippen molar-refractivity contribution in [3.63, 3.8) is 0 Å². The number of piperazine rings is 1. The molecule has 1 aliphatic heterocycles. The second kappa shape index (κ2) is 7.92. The van der Waals surface area contributed by atoms with Crippen molar-refractivity contribution in [1.29, 1.82) is 0 Å².